The van der Waals surface area contributed by atoms with Gasteiger partial charge in [0.1, 0.15) is 5.82 Å². The summed E-state index contributed by atoms with van der Waals surface area (Å²) in [4.78, 5) is 5.63. The quantitative estimate of drug-likeness (QED) is 0.887. The topological polar surface area (TPSA) is 51.4 Å². The van der Waals surface area contributed by atoms with Crippen LogP contribution in [0.3, 0.4) is 0 Å². The van der Waals surface area contributed by atoms with Crippen LogP contribution in [0.2, 0.25) is 0 Å². The summed E-state index contributed by atoms with van der Waals surface area (Å²) in [5.41, 5.74) is 5.71. The van der Waals surface area contributed by atoms with Crippen LogP contribution in [0, 0.1) is 11.6 Å². The molecule has 6 heteroatoms. The van der Waals surface area contributed by atoms with Crippen molar-refractivity contribution in [2.24, 2.45) is 5.73 Å². The molecular weight excluding hydrogens is 240 g/mol. The third kappa shape index (κ3) is 2.59. The van der Waals surface area contributed by atoms with Crippen molar-refractivity contribution in [3.05, 3.63) is 23.9 Å². The lowest BCUT2D eigenvalue weighted by atomic mass is 9.99. The van der Waals surface area contributed by atoms with Gasteiger partial charge >= 0.3 is 0 Å². The number of aromatic nitrogens is 1. The largest absolute Gasteiger partial charge is 0.381 e. The predicted octanol–water partition coefficient (Wildman–Crippen LogP) is 1.30. The first-order valence-electron chi connectivity index (χ1n) is 5.96. The van der Waals surface area contributed by atoms with E-state index in [-0.39, 0.29) is 18.0 Å². The van der Waals surface area contributed by atoms with E-state index in [9.17, 15) is 8.78 Å². The van der Waals surface area contributed by atoms with E-state index < -0.39 is 11.6 Å². The number of nitrogens with two attached hydrogens (primary N) is 1. The van der Waals surface area contributed by atoms with Gasteiger partial charge in [0.15, 0.2) is 11.6 Å². The molecule has 0 aliphatic carbocycles. The van der Waals surface area contributed by atoms with E-state index in [0.717, 1.165) is 25.1 Å². The van der Waals surface area contributed by atoms with Crippen LogP contribution in [0.25, 0.3) is 0 Å². The summed E-state index contributed by atoms with van der Waals surface area (Å²) in [7, 11) is 1.66. The lowest BCUT2D eigenvalue weighted by Crippen LogP contribution is -2.49. The van der Waals surface area contributed by atoms with Crippen LogP contribution < -0.4 is 10.6 Å². The normalized spacial score (nSPS) is 24.3. The summed E-state index contributed by atoms with van der Waals surface area (Å²) >= 11 is 0. The van der Waals surface area contributed by atoms with E-state index in [2.05, 4.69) is 4.98 Å². The van der Waals surface area contributed by atoms with Gasteiger partial charge in [0, 0.05) is 32.3 Å². The molecule has 1 aromatic heterocycles. The molecule has 0 aromatic carbocycles. The molecule has 100 valence electrons. The zero-order valence-electron chi connectivity index (χ0n) is 10.3. The standard InChI is InChI=1S/C12H17F2N3O/c1-18-10-2-3-17(9(5-10)6-15)12-11(14)4-8(13)7-16-12/h4,7,9-10H,2-3,5-6,15H2,1H3. The first-order chi connectivity index (χ1) is 8.65. The Kier molecular flexibility index (Phi) is 4.08. The Morgan fingerprint density at radius 2 is 2.33 bits per heavy atom. The maximum atomic E-state index is 13.7. The molecule has 0 spiro atoms. The Morgan fingerprint density at radius 1 is 1.56 bits per heavy atom. The van der Waals surface area contributed by atoms with Crippen LogP contribution >= 0.6 is 0 Å². The average Bonchev–Trinajstić information content (AvgIpc) is 2.38. The maximum absolute atomic E-state index is 13.7. The molecule has 2 N–H and O–H groups in total. The minimum absolute atomic E-state index is 0.0313. The maximum Gasteiger partial charge on any atom is 0.168 e. The first kappa shape index (κ1) is 13.2. The number of ether oxygens (including phenoxy) is 1. The fourth-order valence-corrected chi connectivity index (χ4v) is 2.35. The molecule has 0 bridgehead atoms. The lowest BCUT2D eigenvalue weighted by Gasteiger charge is -2.39. The molecule has 4 nitrogen and oxygen atoms in total. The Bertz CT molecular complexity index is 416. The van der Waals surface area contributed by atoms with Crippen molar-refractivity contribution in [2.75, 3.05) is 25.1 Å². The molecule has 1 fully saturated rings. The van der Waals surface area contributed by atoms with Crippen molar-refractivity contribution in [1.82, 2.24) is 4.98 Å². The molecule has 2 unspecified atom stereocenters. The molecule has 1 aliphatic heterocycles. The van der Waals surface area contributed by atoms with E-state index in [1.807, 2.05) is 0 Å². The van der Waals surface area contributed by atoms with E-state index in [1.165, 1.54) is 0 Å². The molecule has 0 amide bonds. The van der Waals surface area contributed by atoms with Gasteiger partial charge in [-0.25, -0.2) is 13.8 Å². The third-order valence-electron chi connectivity index (χ3n) is 3.33. The van der Waals surface area contributed by atoms with Gasteiger partial charge in [-0.15, -0.1) is 0 Å². The van der Waals surface area contributed by atoms with E-state index >= 15 is 0 Å². The number of pyridine rings is 1. The van der Waals surface area contributed by atoms with Crippen molar-refractivity contribution in [3.8, 4) is 0 Å². The summed E-state index contributed by atoms with van der Waals surface area (Å²) in [6.07, 6.45) is 2.67. The van der Waals surface area contributed by atoms with Gasteiger partial charge < -0.3 is 15.4 Å². The molecule has 1 aromatic rings. The van der Waals surface area contributed by atoms with Gasteiger partial charge in [-0.3, -0.25) is 0 Å². The Hall–Kier alpha value is -1.27. The summed E-state index contributed by atoms with van der Waals surface area (Å²) in [6.45, 7) is 0.994. The van der Waals surface area contributed by atoms with Crippen LogP contribution in [-0.4, -0.2) is 37.3 Å². The van der Waals surface area contributed by atoms with Crippen LogP contribution in [0.4, 0.5) is 14.6 Å². The fraction of sp³-hybridized carbons (Fsp3) is 0.583. The fourth-order valence-electron chi connectivity index (χ4n) is 2.35. The second-order valence-electron chi connectivity index (χ2n) is 4.42. The van der Waals surface area contributed by atoms with Crippen molar-refractivity contribution in [2.45, 2.75) is 25.0 Å². The highest BCUT2D eigenvalue weighted by atomic mass is 19.1. The molecule has 0 saturated carbocycles. The Morgan fingerprint density at radius 3 is 2.94 bits per heavy atom. The second kappa shape index (κ2) is 5.58. The minimum atomic E-state index is -0.674. The lowest BCUT2D eigenvalue weighted by molar-refractivity contribution is 0.0706. The highest BCUT2D eigenvalue weighted by Gasteiger charge is 2.30. The number of methoxy groups -OCH3 is 1. The van der Waals surface area contributed by atoms with E-state index in [4.69, 9.17) is 10.5 Å². The molecule has 2 rings (SSSR count). The van der Waals surface area contributed by atoms with Crippen LogP contribution in [0.5, 0.6) is 0 Å². The third-order valence-corrected chi connectivity index (χ3v) is 3.33. The number of hydrogen-bond acceptors (Lipinski definition) is 4. The number of hydrogen-bond donors (Lipinski definition) is 1. The van der Waals surface area contributed by atoms with Crippen LogP contribution in [0.1, 0.15) is 12.8 Å². The Balaban J connectivity index is 2.21. The highest BCUT2D eigenvalue weighted by molar-refractivity contribution is 5.42. The SMILES string of the molecule is COC1CCN(c2ncc(F)cc2F)C(CN)C1. The predicted molar refractivity (Wildman–Crippen MR) is 64.4 cm³/mol. The average molecular weight is 257 g/mol. The summed E-state index contributed by atoms with van der Waals surface area (Å²) in [5.74, 6) is -1.15. The monoisotopic (exact) mass is 257 g/mol. The molecule has 18 heavy (non-hydrogen) atoms. The van der Waals surface area contributed by atoms with Gasteiger partial charge in [0.2, 0.25) is 0 Å². The van der Waals surface area contributed by atoms with Gasteiger partial charge in [-0.2, -0.15) is 0 Å². The molecule has 1 aliphatic rings. The summed E-state index contributed by atoms with van der Waals surface area (Å²) in [5, 5.41) is 0. The van der Waals surface area contributed by atoms with Gasteiger partial charge in [0.25, 0.3) is 0 Å². The van der Waals surface area contributed by atoms with Gasteiger partial charge in [0.05, 0.1) is 12.3 Å². The van der Waals surface area contributed by atoms with Crippen LogP contribution in [0.15, 0.2) is 12.3 Å². The summed E-state index contributed by atoms with van der Waals surface area (Å²) in [6, 6.07) is 0.814. The number of piperidine rings is 1. The van der Waals surface area contributed by atoms with Crippen molar-refractivity contribution in [1.29, 1.82) is 0 Å². The summed E-state index contributed by atoms with van der Waals surface area (Å²) < 4.78 is 31.9. The van der Waals surface area contributed by atoms with Gasteiger partial charge in [-0.05, 0) is 12.8 Å². The first-order valence-corrected chi connectivity index (χ1v) is 5.96. The molecule has 1 saturated heterocycles. The van der Waals surface area contributed by atoms with Gasteiger partial charge in [-0.1, -0.05) is 0 Å². The second-order valence-corrected chi connectivity index (χ2v) is 4.42. The zero-order valence-corrected chi connectivity index (χ0v) is 10.3. The Labute approximate surface area is 105 Å². The van der Waals surface area contributed by atoms with E-state index in [0.29, 0.717) is 13.1 Å². The van der Waals surface area contributed by atoms with Crippen LogP contribution in [-0.2, 0) is 4.74 Å². The number of anilines is 1. The number of rotatable bonds is 3. The minimum Gasteiger partial charge on any atom is -0.381 e. The van der Waals surface area contributed by atoms with Crippen molar-refractivity contribution < 1.29 is 13.5 Å². The number of nitrogens with zero attached hydrogens (tertiary/aromatic N) is 2. The highest BCUT2D eigenvalue weighted by Crippen LogP contribution is 2.26. The zero-order chi connectivity index (χ0) is 13.1. The van der Waals surface area contributed by atoms with Crippen molar-refractivity contribution in [3.63, 3.8) is 0 Å². The molecular formula is C12H17F2N3O. The van der Waals surface area contributed by atoms with E-state index in [1.54, 1.807) is 12.0 Å². The molecule has 0 radical (unpaired) electrons. The molecule has 2 heterocycles. The smallest absolute Gasteiger partial charge is 0.168 e. The molecule has 2 atom stereocenters. The number of halogens is 2. The van der Waals surface area contributed by atoms with Crippen molar-refractivity contribution >= 4 is 5.82 Å².